The summed E-state index contributed by atoms with van der Waals surface area (Å²) >= 11 is 0. The molecule has 2 heteroatoms. The molecule has 0 heterocycles. The molecule has 2 aromatic rings. The highest BCUT2D eigenvalue weighted by Gasteiger charge is 1.97. The first-order chi connectivity index (χ1) is 10.9. The second-order valence-corrected chi connectivity index (χ2v) is 5.53. The van der Waals surface area contributed by atoms with Crippen molar-refractivity contribution >= 4 is 0 Å². The SMILES string of the molecule is COc1cccc(CCCCCCCOc2ccccc2)c1. The van der Waals surface area contributed by atoms with Gasteiger partial charge < -0.3 is 9.47 Å². The van der Waals surface area contributed by atoms with Gasteiger partial charge in [-0.3, -0.25) is 0 Å². The van der Waals surface area contributed by atoms with E-state index in [4.69, 9.17) is 9.47 Å². The zero-order valence-electron chi connectivity index (χ0n) is 13.5. The van der Waals surface area contributed by atoms with Crippen LogP contribution in [0, 0.1) is 0 Å². The first-order valence-corrected chi connectivity index (χ1v) is 8.19. The van der Waals surface area contributed by atoms with Crippen LogP contribution in [0.25, 0.3) is 0 Å². The zero-order chi connectivity index (χ0) is 15.5. The average Bonchev–Trinajstić information content (AvgIpc) is 2.58. The molecule has 0 aliphatic carbocycles. The summed E-state index contributed by atoms with van der Waals surface area (Å²) in [5.74, 6) is 1.93. The number of benzene rings is 2. The average molecular weight is 298 g/mol. The predicted octanol–water partition coefficient (Wildman–Crippen LogP) is 5.27. The maximum Gasteiger partial charge on any atom is 0.119 e. The van der Waals surface area contributed by atoms with E-state index in [1.807, 2.05) is 36.4 Å². The predicted molar refractivity (Wildman–Crippen MR) is 91.7 cm³/mol. The fourth-order valence-corrected chi connectivity index (χ4v) is 2.50. The van der Waals surface area contributed by atoms with Crippen molar-refractivity contribution in [1.29, 1.82) is 0 Å². The van der Waals surface area contributed by atoms with E-state index in [0.29, 0.717) is 0 Å². The Balaban J connectivity index is 1.49. The van der Waals surface area contributed by atoms with Gasteiger partial charge in [-0.05, 0) is 49.1 Å². The van der Waals surface area contributed by atoms with Crippen LogP contribution in [0.1, 0.15) is 37.7 Å². The molecule has 0 N–H and O–H groups in total. The van der Waals surface area contributed by atoms with Gasteiger partial charge in [-0.25, -0.2) is 0 Å². The number of hydrogen-bond donors (Lipinski definition) is 0. The van der Waals surface area contributed by atoms with Crippen molar-refractivity contribution in [2.24, 2.45) is 0 Å². The lowest BCUT2D eigenvalue weighted by molar-refractivity contribution is 0.304. The van der Waals surface area contributed by atoms with E-state index in [0.717, 1.165) is 30.9 Å². The Morgan fingerprint density at radius 3 is 2.27 bits per heavy atom. The number of ether oxygens (including phenoxy) is 2. The highest BCUT2D eigenvalue weighted by Crippen LogP contribution is 2.15. The lowest BCUT2D eigenvalue weighted by Crippen LogP contribution is -1.97. The summed E-state index contributed by atoms with van der Waals surface area (Å²) in [6.45, 7) is 0.819. The molecule has 0 bridgehead atoms. The first-order valence-electron chi connectivity index (χ1n) is 8.19. The van der Waals surface area contributed by atoms with E-state index in [-0.39, 0.29) is 0 Å². The third-order valence-corrected chi connectivity index (χ3v) is 3.76. The molecule has 2 nitrogen and oxygen atoms in total. The summed E-state index contributed by atoms with van der Waals surface area (Å²) in [5.41, 5.74) is 1.37. The summed E-state index contributed by atoms with van der Waals surface area (Å²) < 4.78 is 10.9. The summed E-state index contributed by atoms with van der Waals surface area (Å²) in [5, 5.41) is 0. The van der Waals surface area contributed by atoms with E-state index in [2.05, 4.69) is 18.2 Å². The van der Waals surface area contributed by atoms with Crippen LogP contribution in [0.4, 0.5) is 0 Å². The van der Waals surface area contributed by atoms with Gasteiger partial charge in [0.05, 0.1) is 13.7 Å². The van der Waals surface area contributed by atoms with Crippen molar-refractivity contribution in [3.8, 4) is 11.5 Å². The number of methoxy groups -OCH3 is 1. The number of aryl methyl sites for hydroxylation is 1. The molecule has 118 valence electrons. The van der Waals surface area contributed by atoms with Crippen molar-refractivity contribution in [3.05, 3.63) is 60.2 Å². The molecular formula is C20H26O2. The Hall–Kier alpha value is -1.96. The summed E-state index contributed by atoms with van der Waals surface area (Å²) in [4.78, 5) is 0. The minimum absolute atomic E-state index is 0.819. The second-order valence-electron chi connectivity index (χ2n) is 5.53. The molecule has 0 unspecified atom stereocenters. The Labute approximate surface area is 134 Å². The van der Waals surface area contributed by atoms with Crippen LogP contribution in [-0.2, 0) is 6.42 Å². The Kier molecular flexibility index (Phi) is 7.37. The van der Waals surface area contributed by atoms with Gasteiger partial charge in [-0.15, -0.1) is 0 Å². The van der Waals surface area contributed by atoms with E-state index in [1.165, 1.54) is 31.2 Å². The molecule has 0 fully saturated rings. The molecule has 0 saturated carbocycles. The van der Waals surface area contributed by atoms with Gasteiger partial charge in [0.25, 0.3) is 0 Å². The van der Waals surface area contributed by atoms with Crippen molar-refractivity contribution < 1.29 is 9.47 Å². The lowest BCUT2D eigenvalue weighted by Gasteiger charge is -2.06. The molecule has 0 radical (unpaired) electrons. The minimum atomic E-state index is 0.819. The summed E-state index contributed by atoms with van der Waals surface area (Å²) in [6.07, 6.45) is 7.31. The van der Waals surface area contributed by atoms with Gasteiger partial charge >= 0.3 is 0 Å². The smallest absolute Gasteiger partial charge is 0.119 e. The molecule has 2 rings (SSSR count). The van der Waals surface area contributed by atoms with Crippen LogP contribution in [-0.4, -0.2) is 13.7 Å². The van der Waals surface area contributed by atoms with Gasteiger partial charge in [0.2, 0.25) is 0 Å². The Morgan fingerprint density at radius 2 is 1.45 bits per heavy atom. The first kappa shape index (κ1) is 16.4. The van der Waals surface area contributed by atoms with Crippen molar-refractivity contribution in [2.75, 3.05) is 13.7 Å². The summed E-state index contributed by atoms with van der Waals surface area (Å²) in [6, 6.07) is 18.4. The zero-order valence-corrected chi connectivity index (χ0v) is 13.5. The fourth-order valence-electron chi connectivity index (χ4n) is 2.50. The third kappa shape index (κ3) is 6.21. The highest BCUT2D eigenvalue weighted by atomic mass is 16.5. The molecule has 0 aromatic heterocycles. The van der Waals surface area contributed by atoms with Crippen LogP contribution < -0.4 is 9.47 Å². The molecule has 0 aliphatic rings. The maximum absolute atomic E-state index is 5.69. The van der Waals surface area contributed by atoms with E-state index in [9.17, 15) is 0 Å². The number of hydrogen-bond acceptors (Lipinski definition) is 2. The number of para-hydroxylation sites is 1. The second kappa shape index (κ2) is 9.88. The van der Waals surface area contributed by atoms with Crippen LogP contribution >= 0.6 is 0 Å². The molecule has 0 aliphatic heterocycles. The van der Waals surface area contributed by atoms with Crippen molar-refractivity contribution in [1.82, 2.24) is 0 Å². The van der Waals surface area contributed by atoms with Crippen LogP contribution in [0.2, 0.25) is 0 Å². The third-order valence-electron chi connectivity index (χ3n) is 3.76. The topological polar surface area (TPSA) is 18.5 Å². The molecule has 0 saturated heterocycles. The molecule has 0 spiro atoms. The fraction of sp³-hybridized carbons (Fsp3) is 0.400. The molecule has 2 aromatic carbocycles. The van der Waals surface area contributed by atoms with E-state index < -0.39 is 0 Å². The minimum Gasteiger partial charge on any atom is -0.497 e. The van der Waals surface area contributed by atoms with Crippen LogP contribution in [0.3, 0.4) is 0 Å². The highest BCUT2D eigenvalue weighted by molar-refractivity contribution is 5.28. The standard InChI is InChI=1S/C20H26O2/c1-21-20-15-10-12-18(17-20)11-6-3-2-4-9-16-22-19-13-7-5-8-14-19/h5,7-8,10,12-15,17H,2-4,6,9,11,16H2,1H3. The van der Waals surface area contributed by atoms with Crippen LogP contribution in [0.5, 0.6) is 11.5 Å². The molecule has 0 amide bonds. The summed E-state index contributed by atoms with van der Waals surface area (Å²) in [7, 11) is 1.72. The monoisotopic (exact) mass is 298 g/mol. The lowest BCUT2D eigenvalue weighted by atomic mass is 10.1. The van der Waals surface area contributed by atoms with Gasteiger partial charge in [0.1, 0.15) is 11.5 Å². The number of unbranched alkanes of at least 4 members (excludes halogenated alkanes) is 4. The van der Waals surface area contributed by atoms with Crippen molar-refractivity contribution in [2.45, 2.75) is 38.5 Å². The number of rotatable bonds is 10. The normalized spacial score (nSPS) is 10.4. The Bertz CT molecular complexity index is 522. The largest absolute Gasteiger partial charge is 0.497 e. The van der Waals surface area contributed by atoms with Crippen molar-refractivity contribution in [3.63, 3.8) is 0 Å². The molecule has 22 heavy (non-hydrogen) atoms. The van der Waals surface area contributed by atoms with E-state index in [1.54, 1.807) is 7.11 Å². The van der Waals surface area contributed by atoms with Gasteiger partial charge in [-0.2, -0.15) is 0 Å². The van der Waals surface area contributed by atoms with Crippen LogP contribution in [0.15, 0.2) is 54.6 Å². The van der Waals surface area contributed by atoms with E-state index >= 15 is 0 Å². The molecule has 0 atom stereocenters. The van der Waals surface area contributed by atoms with Gasteiger partial charge in [0.15, 0.2) is 0 Å². The Morgan fingerprint density at radius 1 is 0.727 bits per heavy atom. The maximum atomic E-state index is 5.69. The molecular weight excluding hydrogens is 272 g/mol. The van der Waals surface area contributed by atoms with Gasteiger partial charge in [-0.1, -0.05) is 49.6 Å². The van der Waals surface area contributed by atoms with Gasteiger partial charge in [0, 0.05) is 0 Å². The quantitative estimate of drug-likeness (QED) is 0.556.